The SMILES string of the molecule is CC(C)CNC(C)(C)C(C)(C)NCC(C)(C)C. The van der Waals surface area contributed by atoms with Gasteiger partial charge in [-0.2, -0.15) is 0 Å². The van der Waals surface area contributed by atoms with E-state index in [4.69, 9.17) is 0 Å². The monoisotopic (exact) mass is 242 g/mol. The predicted molar refractivity (Wildman–Crippen MR) is 78.5 cm³/mol. The highest BCUT2D eigenvalue weighted by Gasteiger charge is 2.36. The summed E-state index contributed by atoms with van der Waals surface area (Å²) in [6.07, 6.45) is 0. The summed E-state index contributed by atoms with van der Waals surface area (Å²) in [4.78, 5) is 0. The van der Waals surface area contributed by atoms with Crippen molar-refractivity contribution in [3.05, 3.63) is 0 Å². The summed E-state index contributed by atoms with van der Waals surface area (Å²) >= 11 is 0. The van der Waals surface area contributed by atoms with Crippen molar-refractivity contribution in [3.8, 4) is 0 Å². The van der Waals surface area contributed by atoms with Gasteiger partial charge in [0.2, 0.25) is 0 Å². The van der Waals surface area contributed by atoms with E-state index in [1.54, 1.807) is 0 Å². The van der Waals surface area contributed by atoms with E-state index in [0.717, 1.165) is 13.1 Å². The molecular weight excluding hydrogens is 208 g/mol. The highest BCUT2D eigenvalue weighted by Crippen LogP contribution is 2.23. The van der Waals surface area contributed by atoms with Gasteiger partial charge in [0.05, 0.1) is 0 Å². The first-order valence-electron chi connectivity index (χ1n) is 6.87. The van der Waals surface area contributed by atoms with Crippen LogP contribution < -0.4 is 10.6 Å². The van der Waals surface area contributed by atoms with Crippen LogP contribution in [0.2, 0.25) is 0 Å². The molecule has 0 bridgehead atoms. The first-order valence-corrected chi connectivity index (χ1v) is 6.87. The topological polar surface area (TPSA) is 24.1 Å². The lowest BCUT2D eigenvalue weighted by molar-refractivity contribution is 0.170. The van der Waals surface area contributed by atoms with E-state index in [1.165, 1.54) is 0 Å². The molecule has 0 aliphatic rings. The summed E-state index contributed by atoms with van der Waals surface area (Å²) in [7, 11) is 0. The van der Waals surface area contributed by atoms with E-state index in [0.29, 0.717) is 11.3 Å². The molecule has 0 radical (unpaired) electrons. The second-order valence-electron chi connectivity index (χ2n) is 7.94. The number of nitrogens with one attached hydrogen (secondary N) is 2. The van der Waals surface area contributed by atoms with Crippen LogP contribution in [0.5, 0.6) is 0 Å². The molecule has 0 aromatic heterocycles. The minimum absolute atomic E-state index is 0.0785. The third-order valence-corrected chi connectivity index (χ3v) is 3.58. The van der Waals surface area contributed by atoms with Gasteiger partial charge in [-0.3, -0.25) is 0 Å². The highest BCUT2D eigenvalue weighted by atomic mass is 15.1. The summed E-state index contributed by atoms with van der Waals surface area (Å²) in [6, 6.07) is 0. The number of hydrogen-bond acceptors (Lipinski definition) is 2. The zero-order valence-electron chi connectivity index (χ0n) is 13.5. The Hall–Kier alpha value is -0.0800. The fourth-order valence-electron chi connectivity index (χ4n) is 1.39. The Kier molecular flexibility index (Phi) is 5.68. The molecule has 0 rings (SSSR count). The standard InChI is InChI=1S/C15H34N2/c1-12(2)10-16-14(6,7)15(8,9)17-11-13(3,4)5/h12,16-17H,10-11H2,1-9H3. The first kappa shape index (κ1) is 16.9. The molecule has 17 heavy (non-hydrogen) atoms. The van der Waals surface area contributed by atoms with Crippen LogP contribution in [0.25, 0.3) is 0 Å². The summed E-state index contributed by atoms with van der Waals surface area (Å²) in [5.41, 5.74) is 0.489. The van der Waals surface area contributed by atoms with E-state index in [1.807, 2.05) is 0 Å². The second-order valence-corrected chi connectivity index (χ2v) is 7.94. The number of hydrogen-bond donors (Lipinski definition) is 2. The highest BCUT2D eigenvalue weighted by molar-refractivity contribution is 5.00. The van der Waals surface area contributed by atoms with Gasteiger partial charge in [0.25, 0.3) is 0 Å². The molecule has 0 heterocycles. The van der Waals surface area contributed by atoms with Crippen LogP contribution in [0.15, 0.2) is 0 Å². The van der Waals surface area contributed by atoms with Gasteiger partial charge in [-0.1, -0.05) is 34.6 Å². The average Bonchev–Trinajstić information content (AvgIpc) is 2.10. The smallest absolute Gasteiger partial charge is 0.0301 e. The van der Waals surface area contributed by atoms with Crippen LogP contribution in [0, 0.1) is 11.3 Å². The average molecular weight is 242 g/mol. The molecule has 0 aliphatic carbocycles. The van der Waals surface area contributed by atoms with E-state index in [2.05, 4.69) is 72.9 Å². The lowest BCUT2D eigenvalue weighted by Gasteiger charge is -2.45. The van der Waals surface area contributed by atoms with Crippen molar-refractivity contribution in [1.29, 1.82) is 0 Å². The van der Waals surface area contributed by atoms with Crippen molar-refractivity contribution >= 4 is 0 Å². The van der Waals surface area contributed by atoms with Crippen molar-refractivity contribution in [2.45, 2.75) is 73.4 Å². The predicted octanol–water partition coefficient (Wildman–Crippen LogP) is 3.42. The van der Waals surface area contributed by atoms with Gasteiger partial charge in [-0.05, 0) is 45.6 Å². The summed E-state index contributed by atoms with van der Waals surface area (Å²) in [6.45, 7) is 22.5. The van der Waals surface area contributed by atoms with Crippen LogP contribution in [-0.4, -0.2) is 24.2 Å². The zero-order chi connectivity index (χ0) is 13.9. The molecule has 0 saturated heterocycles. The molecule has 0 amide bonds. The Bertz CT molecular complexity index is 222. The Labute approximate surface area is 109 Å². The normalized spacial score (nSPS) is 14.5. The van der Waals surface area contributed by atoms with Crippen molar-refractivity contribution in [3.63, 3.8) is 0 Å². The van der Waals surface area contributed by atoms with Crippen molar-refractivity contribution < 1.29 is 0 Å². The Morgan fingerprint density at radius 1 is 0.765 bits per heavy atom. The Balaban J connectivity index is 4.44. The molecule has 2 N–H and O–H groups in total. The van der Waals surface area contributed by atoms with Crippen molar-refractivity contribution in [2.24, 2.45) is 11.3 Å². The lowest BCUT2D eigenvalue weighted by Crippen LogP contribution is -2.64. The first-order chi connectivity index (χ1) is 7.37. The van der Waals surface area contributed by atoms with Crippen LogP contribution in [-0.2, 0) is 0 Å². The quantitative estimate of drug-likeness (QED) is 0.746. The minimum atomic E-state index is 0.0785. The van der Waals surface area contributed by atoms with E-state index >= 15 is 0 Å². The van der Waals surface area contributed by atoms with Crippen LogP contribution in [0.4, 0.5) is 0 Å². The van der Waals surface area contributed by atoms with Crippen molar-refractivity contribution in [2.75, 3.05) is 13.1 Å². The van der Waals surface area contributed by atoms with Crippen LogP contribution >= 0.6 is 0 Å². The molecule has 0 saturated carbocycles. The van der Waals surface area contributed by atoms with Crippen molar-refractivity contribution in [1.82, 2.24) is 10.6 Å². The molecular formula is C15H34N2. The second kappa shape index (κ2) is 5.71. The van der Waals surface area contributed by atoms with Gasteiger partial charge in [-0.15, -0.1) is 0 Å². The molecule has 2 nitrogen and oxygen atoms in total. The molecule has 0 fully saturated rings. The molecule has 0 aromatic rings. The van der Waals surface area contributed by atoms with Gasteiger partial charge in [0.15, 0.2) is 0 Å². The fourth-order valence-corrected chi connectivity index (χ4v) is 1.39. The molecule has 0 unspecified atom stereocenters. The van der Waals surface area contributed by atoms with E-state index in [9.17, 15) is 0 Å². The maximum Gasteiger partial charge on any atom is 0.0301 e. The van der Waals surface area contributed by atoms with Gasteiger partial charge < -0.3 is 10.6 Å². The summed E-state index contributed by atoms with van der Waals surface area (Å²) < 4.78 is 0. The molecule has 2 heteroatoms. The fraction of sp³-hybridized carbons (Fsp3) is 1.00. The number of rotatable bonds is 6. The molecule has 104 valence electrons. The molecule has 0 atom stereocenters. The van der Waals surface area contributed by atoms with Crippen LogP contribution in [0.1, 0.15) is 62.3 Å². The molecule has 0 spiro atoms. The molecule has 0 aromatic carbocycles. The van der Waals surface area contributed by atoms with Crippen LogP contribution in [0.3, 0.4) is 0 Å². The van der Waals surface area contributed by atoms with Gasteiger partial charge in [-0.25, -0.2) is 0 Å². The third-order valence-electron chi connectivity index (χ3n) is 3.58. The summed E-state index contributed by atoms with van der Waals surface area (Å²) in [5, 5.41) is 7.37. The van der Waals surface area contributed by atoms with Gasteiger partial charge in [0.1, 0.15) is 0 Å². The largest absolute Gasteiger partial charge is 0.310 e. The molecule has 0 aliphatic heterocycles. The Morgan fingerprint density at radius 3 is 1.53 bits per heavy atom. The van der Waals surface area contributed by atoms with Gasteiger partial charge in [0, 0.05) is 17.6 Å². The Morgan fingerprint density at radius 2 is 1.18 bits per heavy atom. The lowest BCUT2D eigenvalue weighted by atomic mass is 9.81. The maximum absolute atomic E-state index is 3.70. The minimum Gasteiger partial charge on any atom is -0.310 e. The van der Waals surface area contributed by atoms with Gasteiger partial charge >= 0.3 is 0 Å². The van der Waals surface area contributed by atoms with E-state index in [-0.39, 0.29) is 11.1 Å². The zero-order valence-corrected chi connectivity index (χ0v) is 13.5. The van der Waals surface area contributed by atoms with E-state index < -0.39 is 0 Å². The summed E-state index contributed by atoms with van der Waals surface area (Å²) in [5.74, 6) is 0.688. The maximum atomic E-state index is 3.70. The third kappa shape index (κ3) is 6.42.